The van der Waals surface area contributed by atoms with Crippen LogP contribution in [0.15, 0.2) is 24.3 Å². The van der Waals surface area contributed by atoms with Gasteiger partial charge in [0.2, 0.25) is 0 Å². The van der Waals surface area contributed by atoms with E-state index in [-0.39, 0.29) is 12.0 Å². The van der Waals surface area contributed by atoms with E-state index < -0.39 is 0 Å². The van der Waals surface area contributed by atoms with Gasteiger partial charge in [-0.2, -0.15) is 0 Å². The number of benzene rings is 1. The van der Waals surface area contributed by atoms with Gasteiger partial charge < -0.3 is 11.1 Å². The summed E-state index contributed by atoms with van der Waals surface area (Å²) in [5, 5.41) is 10.5. The Kier molecular flexibility index (Phi) is 3.14. The molecule has 0 saturated carbocycles. The average Bonchev–Trinajstić information content (AvgIpc) is 2.03. The van der Waals surface area contributed by atoms with E-state index in [2.05, 4.69) is 5.32 Å². The molecule has 1 atom stereocenters. The van der Waals surface area contributed by atoms with Crippen molar-refractivity contribution in [1.29, 1.82) is 5.41 Å². The molecule has 0 aliphatic rings. The van der Waals surface area contributed by atoms with Crippen molar-refractivity contribution < 1.29 is 0 Å². The van der Waals surface area contributed by atoms with Crippen molar-refractivity contribution in [2.24, 2.45) is 5.73 Å². The zero-order valence-electron chi connectivity index (χ0n) is 7.34. The molecule has 0 spiro atoms. The third-order valence-electron chi connectivity index (χ3n) is 1.74. The van der Waals surface area contributed by atoms with Gasteiger partial charge in [0.1, 0.15) is 0 Å². The second kappa shape index (κ2) is 4.14. The maximum atomic E-state index is 7.07. The molecule has 0 bridgehead atoms. The first-order valence-electron chi connectivity index (χ1n) is 3.96. The van der Waals surface area contributed by atoms with Crippen LogP contribution in [0, 0.1) is 5.41 Å². The molecule has 3 nitrogen and oxygen atoms in total. The number of nitrogens with one attached hydrogen (secondary N) is 2. The van der Waals surface area contributed by atoms with Gasteiger partial charge in [-0.05, 0) is 18.6 Å². The number of guanidine groups is 1. The minimum Gasteiger partial charge on any atom is -0.370 e. The zero-order valence-corrected chi connectivity index (χ0v) is 8.10. The molecular formula is C9H12ClN3. The molecule has 1 aromatic carbocycles. The highest BCUT2D eigenvalue weighted by Crippen LogP contribution is 2.21. The van der Waals surface area contributed by atoms with E-state index in [0.717, 1.165) is 5.56 Å². The quantitative estimate of drug-likeness (QED) is 0.501. The number of nitrogens with two attached hydrogens (primary N) is 1. The lowest BCUT2D eigenvalue weighted by atomic mass is 10.1. The number of hydrogen-bond donors (Lipinski definition) is 3. The summed E-state index contributed by atoms with van der Waals surface area (Å²) in [7, 11) is 0. The molecule has 70 valence electrons. The summed E-state index contributed by atoms with van der Waals surface area (Å²) in [4.78, 5) is 0. The highest BCUT2D eigenvalue weighted by atomic mass is 35.5. The van der Waals surface area contributed by atoms with Crippen LogP contribution in [0.4, 0.5) is 0 Å². The van der Waals surface area contributed by atoms with Crippen molar-refractivity contribution in [2.45, 2.75) is 13.0 Å². The average molecular weight is 198 g/mol. The number of rotatable bonds is 2. The maximum absolute atomic E-state index is 7.07. The molecule has 1 aromatic rings. The third-order valence-corrected chi connectivity index (χ3v) is 2.09. The SMILES string of the molecule is CC(NC(=N)N)c1ccccc1Cl. The lowest BCUT2D eigenvalue weighted by molar-refractivity contribution is 0.709. The Morgan fingerprint density at radius 1 is 1.54 bits per heavy atom. The van der Waals surface area contributed by atoms with Crippen LogP contribution in [0.2, 0.25) is 5.02 Å². The van der Waals surface area contributed by atoms with E-state index in [1.807, 2.05) is 31.2 Å². The molecule has 0 fully saturated rings. The van der Waals surface area contributed by atoms with E-state index in [1.54, 1.807) is 0 Å². The summed E-state index contributed by atoms with van der Waals surface area (Å²) in [6.07, 6.45) is 0. The first kappa shape index (κ1) is 9.86. The first-order valence-corrected chi connectivity index (χ1v) is 4.34. The Labute approximate surface area is 82.4 Å². The van der Waals surface area contributed by atoms with Crippen molar-refractivity contribution in [3.8, 4) is 0 Å². The summed E-state index contributed by atoms with van der Waals surface area (Å²) in [6.45, 7) is 1.91. The first-order chi connectivity index (χ1) is 6.11. The van der Waals surface area contributed by atoms with E-state index in [4.69, 9.17) is 22.7 Å². The molecule has 13 heavy (non-hydrogen) atoms. The molecule has 0 radical (unpaired) electrons. The predicted octanol–water partition coefficient (Wildman–Crippen LogP) is 1.88. The minimum absolute atomic E-state index is 0.0359. The zero-order chi connectivity index (χ0) is 9.84. The molecule has 0 amide bonds. The summed E-state index contributed by atoms with van der Waals surface area (Å²) in [5.74, 6) is -0.0487. The molecule has 4 heteroatoms. The lowest BCUT2D eigenvalue weighted by Crippen LogP contribution is -2.32. The Bertz CT molecular complexity index is 311. The van der Waals surface area contributed by atoms with Gasteiger partial charge in [-0.15, -0.1) is 0 Å². The monoisotopic (exact) mass is 197 g/mol. The van der Waals surface area contributed by atoms with Crippen LogP contribution in [-0.2, 0) is 0 Å². The minimum atomic E-state index is -0.0487. The fourth-order valence-corrected chi connectivity index (χ4v) is 1.44. The summed E-state index contributed by atoms with van der Waals surface area (Å²) < 4.78 is 0. The Morgan fingerprint density at radius 2 is 2.15 bits per heavy atom. The van der Waals surface area contributed by atoms with Gasteiger partial charge >= 0.3 is 0 Å². The van der Waals surface area contributed by atoms with Gasteiger partial charge in [0.05, 0.1) is 6.04 Å². The Balaban J connectivity index is 2.82. The second-order valence-electron chi connectivity index (χ2n) is 2.80. The van der Waals surface area contributed by atoms with E-state index in [1.165, 1.54) is 0 Å². The summed E-state index contributed by atoms with van der Waals surface area (Å²) in [5.41, 5.74) is 6.15. The van der Waals surface area contributed by atoms with E-state index in [9.17, 15) is 0 Å². The highest BCUT2D eigenvalue weighted by Gasteiger charge is 2.07. The molecule has 0 aliphatic carbocycles. The molecule has 4 N–H and O–H groups in total. The van der Waals surface area contributed by atoms with Crippen LogP contribution < -0.4 is 11.1 Å². The summed E-state index contributed by atoms with van der Waals surface area (Å²) in [6, 6.07) is 7.45. The van der Waals surface area contributed by atoms with Gasteiger partial charge in [-0.3, -0.25) is 5.41 Å². The smallest absolute Gasteiger partial charge is 0.186 e. The van der Waals surface area contributed by atoms with Gasteiger partial charge in [-0.25, -0.2) is 0 Å². The van der Waals surface area contributed by atoms with Crippen LogP contribution in [0.1, 0.15) is 18.5 Å². The maximum Gasteiger partial charge on any atom is 0.186 e. The van der Waals surface area contributed by atoms with Crippen LogP contribution in [-0.4, -0.2) is 5.96 Å². The van der Waals surface area contributed by atoms with Gasteiger partial charge in [-0.1, -0.05) is 29.8 Å². The molecule has 0 aromatic heterocycles. The molecule has 0 aliphatic heterocycles. The van der Waals surface area contributed by atoms with Crippen LogP contribution in [0.25, 0.3) is 0 Å². The third kappa shape index (κ3) is 2.63. The lowest BCUT2D eigenvalue weighted by Gasteiger charge is -2.14. The standard InChI is InChI=1S/C9H12ClN3/c1-6(13-9(11)12)7-4-2-3-5-8(7)10/h2-6H,1H3,(H4,11,12,13). The van der Waals surface area contributed by atoms with E-state index in [0.29, 0.717) is 5.02 Å². The summed E-state index contributed by atoms with van der Waals surface area (Å²) >= 11 is 5.95. The van der Waals surface area contributed by atoms with Gasteiger partial charge in [0.25, 0.3) is 0 Å². The largest absolute Gasteiger partial charge is 0.370 e. The number of halogens is 1. The predicted molar refractivity (Wildman–Crippen MR) is 54.9 cm³/mol. The van der Waals surface area contributed by atoms with Crippen LogP contribution in [0.5, 0.6) is 0 Å². The normalized spacial score (nSPS) is 12.2. The van der Waals surface area contributed by atoms with E-state index >= 15 is 0 Å². The van der Waals surface area contributed by atoms with Crippen molar-refractivity contribution in [1.82, 2.24) is 5.32 Å². The van der Waals surface area contributed by atoms with Crippen molar-refractivity contribution in [3.05, 3.63) is 34.9 Å². The van der Waals surface area contributed by atoms with Gasteiger partial charge in [0.15, 0.2) is 5.96 Å². The molecule has 0 saturated heterocycles. The second-order valence-corrected chi connectivity index (χ2v) is 3.21. The molecule has 0 heterocycles. The van der Waals surface area contributed by atoms with Gasteiger partial charge in [0, 0.05) is 5.02 Å². The Morgan fingerprint density at radius 3 is 2.69 bits per heavy atom. The van der Waals surface area contributed by atoms with Crippen molar-refractivity contribution in [3.63, 3.8) is 0 Å². The highest BCUT2D eigenvalue weighted by molar-refractivity contribution is 6.31. The molecule has 1 unspecified atom stereocenters. The number of hydrogen-bond acceptors (Lipinski definition) is 1. The molecule has 1 rings (SSSR count). The van der Waals surface area contributed by atoms with Crippen LogP contribution in [0.3, 0.4) is 0 Å². The Hall–Kier alpha value is -1.22. The molecular weight excluding hydrogens is 186 g/mol. The van der Waals surface area contributed by atoms with Crippen LogP contribution >= 0.6 is 11.6 Å². The fourth-order valence-electron chi connectivity index (χ4n) is 1.14. The topological polar surface area (TPSA) is 61.9 Å². The van der Waals surface area contributed by atoms with Crippen molar-refractivity contribution in [2.75, 3.05) is 0 Å². The van der Waals surface area contributed by atoms with Crippen molar-refractivity contribution >= 4 is 17.6 Å². The fraction of sp³-hybridized carbons (Fsp3) is 0.222.